The van der Waals surface area contributed by atoms with Crippen LogP contribution in [0.25, 0.3) is 0 Å². The molecule has 0 aliphatic rings. The SMILES string of the molecule is Cn1c(CO)cnc1SCc1cccnc1. The van der Waals surface area contributed by atoms with Crippen LogP contribution in [0.3, 0.4) is 0 Å². The first-order valence-corrected chi connectivity index (χ1v) is 5.93. The topological polar surface area (TPSA) is 50.9 Å². The predicted octanol–water partition coefficient (Wildman–Crippen LogP) is 1.60. The second kappa shape index (κ2) is 5.14. The van der Waals surface area contributed by atoms with E-state index >= 15 is 0 Å². The van der Waals surface area contributed by atoms with E-state index < -0.39 is 0 Å². The lowest BCUT2D eigenvalue weighted by atomic mass is 10.3. The Labute approximate surface area is 98.4 Å². The zero-order chi connectivity index (χ0) is 11.4. The molecule has 2 aromatic rings. The highest BCUT2D eigenvalue weighted by Gasteiger charge is 2.06. The van der Waals surface area contributed by atoms with Gasteiger partial charge in [-0.15, -0.1) is 0 Å². The molecular weight excluding hydrogens is 222 g/mol. The molecule has 0 fully saturated rings. The molecule has 0 spiro atoms. The van der Waals surface area contributed by atoms with Crippen molar-refractivity contribution in [3.63, 3.8) is 0 Å². The van der Waals surface area contributed by atoms with Gasteiger partial charge in [-0.25, -0.2) is 4.98 Å². The summed E-state index contributed by atoms with van der Waals surface area (Å²) in [5.41, 5.74) is 2.00. The van der Waals surface area contributed by atoms with Crippen molar-refractivity contribution in [3.05, 3.63) is 42.0 Å². The summed E-state index contributed by atoms with van der Waals surface area (Å²) in [6.07, 6.45) is 5.31. The summed E-state index contributed by atoms with van der Waals surface area (Å²) in [7, 11) is 1.91. The standard InChI is InChI=1S/C11H13N3OS/c1-14-10(7-15)6-13-11(14)16-8-9-3-2-4-12-5-9/h2-6,15H,7-8H2,1H3. The Bertz CT molecular complexity index is 456. The first-order valence-electron chi connectivity index (χ1n) is 4.94. The van der Waals surface area contributed by atoms with Crippen molar-refractivity contribution < 1.29 is 5.11 Å². The van der Waals surface area contributed by atoms with E-state index in [1.165, 1.54) is 5.56 Å². The van der Waals surface area contributed by atoms with Crippen LogP contribution in [-0.4, -0.2) is 19.6 Å². The van der Waals surface area contributed by atoms with Crippen molar-refractivity contribution in [1.29, 1.82) is 0 Å². The van der Waals surface area contributed by atoms with Gasteiger partial charge < -0.3 is 9.67 Å². The zero-order valence-corrected chi connectivity index (χ0v) is 9.81. The summed E-state index contributed by atoms with van der Waals surface area (Å²) in [5.74, 6) is 0.837. The van der Waals surface area contributed by atoms with Crippen molar-refractivity contribution in [2.24, 2.45) is 7.05 Å². The lowest BCUT2D eigenvalue weighted by molar-refractivity contribution is 0.271. The highest BCUT2D eigenvalue weighted by Crippen LogP contribution is 2.21. The Morgan fingerprint density at radius 1 is 1.44 bits per heavy atom. The molecule has 0 saturated heterocycles. The number of aliphatic hydroxyl groups is 1. The van der Waals surface area contributed by atoms with Gasteiger partial charge in [0.2, 0.25) is 0 Å². The molecule has 0 radical (unpaired) electrons. The average Bonchev–Trinajstić information content (AvgIpc) is 2.69. The van der Waals surface area contributed by atoms with Crippen LogP contribution in [0.4, 0.5) is 0 Å². The summed E-state index contributed by atoms with van der Waals surface area (Å²) >= 11 is 1.64. The van der Waals surface area contributed by atoms with Gasteiger partial charge >= 0.3 is 0 Å². The number of thioether (sulfide) groups is 1. The van der Waals surface area contributed by atoms with E-state index in [-0.39, 0.29) is 6.61 Å². The maximum atomic E-state index is 9.04. The Morgan fingerprint density at radius 2 is 2.31 bits per heavy atom. The summed E-state index contributed by atoms with van der Waals surface area (Å²) in [5, 5.41) is 9.95. The molecule has 2 heterocycles. The second-order valence-electron chi connectivity index (χ2n) is 3.40. The molecule has 84 valence electrons. The van der Waals surface area contributed by atoms with Crippen LogP contribution in [0.2, 0.25) is 0 Å². The monoisotopic (exact) mass is 235 g/mol. The third-order valence-electron chi connectivity index (χ3n) is 2.29. The second-order valence-corrected chi connectivity index (χ2v) is 4.34. The summed E-state index contributed by atoms with van der Waals surface area (Å²) < 4.78 is 1.90. The van der Waals surface area contributed by atoms with Crippen molar-refractivity contribution in [3.8, 4) is 0 Å². The molecule has 0 aromatic carbocycles. The third-order valence-corrected chi connectivity index (χ3v) is 3.41. The number of nitrogens with zero attached hydrogens (tertiary/aromatic N) is 3. The van der Waals surface area contributed by atoms with Crippen LogP contribution in [0.1, 0.15) is 11.3 Å². The normalized spacial score (nSPS) is 10.6. The van der Waals surface area contributed by atoms with Gasteiger partial charge in [0.15, 0.2) is 5.16 Å². The molecule has 0 aliphatic heterocycles. The van der Waals surface area contributed by atoms with Crippen molar-refractivity contribution >= 4 is 11.8 Å². The maximum Gasteiger partial charge on any atom is 0.168 e. The molecule has 0 bridgehead atoms. The average molecular weight is 235 g/mol. The predicted molar refractivity (Wildman–Crippen MR) is 62.9 cm³/mol. The summed E-state index contributed by atoms with van der Waals surface area (Å²) in [6, 6.07) is 3.96. The quantitative estimate of drug-likeness (QED) is 0.818. The maximum absolute atomic E-state index is 9.04. The molecular formula is C11H13N3OS. The van der Waals surface area contributed by atoms with Gasteiger partial charge in [-0.05, 0) is 11.6 Å². The Balaban J connectivity index is 2.02. The van der Waals surface area contributed by atoms with Crippen LogP contribution < -0.4 is 0 Å². The highest BCUT2D eigenvalue weighted by molar-refractivity contribution is 7.98. The van der Waals surface area contributed by atoms with Crippen LogP contribution in [0.5, 0.6) is 0 Å². The number of rotatable bonds is 4. The van der Waals surface area contributed by atoms with Crippen molar-refractivity contribution in [1.82, 2.24) is 14.5 Å². The number of hydrogen-bond acceptors (Lipinski definition) is 4. The summed E-state index contributed by atoms with van der Waals surface area (Å²) in [4.78, 5) is 8.31. The molecule has 5 heteroatoms. The molecule has 0 saturated carbocycles. The molecule has 2 rings (SSSR count). The van der Waals surface area contributed by atoms with E-state index in [2.05, 4.69) is 9.97 Å². The highest BCUT2D eigenvalue weighted by atomic mass is 32.2. The molecule has 0 unspecified atom stereocenters. The smallest absolute Gasteiger partial charge is 0.168 e. The van der Waals surface area contributed by atoms with Gasteiger partial charge in [0, 0.05) is 25.2 Å². The van der Waals surface area contributed by atoms with Gasteiger partial charge in [-0.3, -0.25) is 4.98 Å². The van der Waals surface area contributed by atoms with E-state index in [1.807, 2.05) is 29.9 Å². The molecule has 0 amide bonds. The Morgan fingerprint density at radius 3 is 2.94 bits per heavy atom. The lowest BCUT2D eigenvalue weighted by Gasteiger charge is -2.03. The minimum absolute atomic E-state index is 0.0248. The minimum atomic E-state index is 0.0248. The zero-order valence-electron chi connectivity index (χ0n) is 9.00. The van der Waals surface area contributed by atoms with E-state index in [0.717, 1.165) is 16.6 Å². The molecule has 16 heavy (non-hydrogen) atoms. The number of hydrogen-bond donors (Lipinski definition) is 1. The minimum Gasteiger partial charge on any atom is -0.390 e. The lowest BCUT2D eigenvalue weighted by Crippen LogP contribution is -1.97. The fraction of sp³-hybridized carbons (Fsp3) is 0.273. The van der Waals surface area contributed by atoms with E-state index in [1.54, 1.807) is 24.2 Å². The fourth-order valence-electron chi connectivity index (χ4n) is 1.34. The first kappa shape index (κ1) is 11.2. The number of imidazole rings is 1. The van der Waals surface area contributed by atoms with Crippen LogP contribution in [-0.2, 0) is 19.4 Å². The molecule has 2 aromatic heterocycles. The number of pyridine rings is 1. The van der Waals surface area contributed by atoms with Crippen LogP contribution >= 0.6 is 11.8 Å². The molecule has 0 aliphatic carbocycles. The van der Waals surface area contributed by atoms with E-state index in [4.69, 9.17) is 5.11 Å². The van der Waals surface area contributed by atoms with Crippen LogP contribution in [0.15, 0.2) is 35.9 Å². The van der Waals surface area contributed by atoms with Crippen molar-refractivity contribution in [2.45, 2.75) is 17.5 Å². The first-order chi connectivity index (χ1) is 7.81. The van der Waals surface area contributed by atoms with E-state index in [0.29, 0.717) is 0 Å². The van der Waals surface area contributed by atoms with Gasteiger partial charge in [0.1, 0.15) is 0 Å². The molecule has 4 nitrogen and oxygen atoms in total. The van der Waals surface area contributed by atoms with E-state index in [9.17, 15) is 0 Å². The largest absolute Gasteiger partial charge is 0.390 e. The van der Waals surface area contributed by atoms with Crippen molar-refractivity contribution in [2.75, 3.05) is 0 Å². The number of aromatic nitrogens is 3. The number of aliphatic hydroxyl groups excluding tert-OH is 1. The third kappa shape index (κ3) is 2.43. The van der Waals surface area contributed by atoms with Gasteiger partial charge in [-0.1, -0.05) is 17.8 Å². The Kier molecular flexibility index (Phi) is 3.58. The van der Waals surface area contributed by atoms with Crippen LogP contribution in [0, 0.1) is 0 Å². The van der Waals surface area contributed by atoms with Gasteiger partial charge in [0.25, 0.3) is 0 Å². The fourth-order valence-corrected chi connectivity index (χ4v) is 2.24. The van der Waals surface area contributed by atoms with Gasteiger partial charge in [-0.2, -0.15) is 0 Å². The Hall–Kier alpha value is -1.33. The molecule has 1 N–H and O–H groups in total. The molecule has 0 atom stereocenters. The summed E-state index contributed by atoms with van der Waals surface area (Å²) in [6.45, 7) is 0.0248. The van der Waals surface area contributed by atoms with Gasteiger partial charge in [0.05, 0.1) is 18.5 Å².